The Bertz CT molecular complexity index is 1090. The van der Waals surface area contributed by atoms with Crippen LogP contribution in [0, 0.1) is 17.5 Å². The van der Waals surface area contributed by atoms with Gasteiger partial charge in [0.25, 0.3) is 0 Å². The van der Waals surface area contributed by atoms with Crippen LogP contribution in [0.2, 0.25) is 5.02 Å². The Balaban J connectivity index is 1.89. The standard InChI is InChI=1S/C21H14ClF3N2O2/c22-13-3-6-18(17(25)8-13)27-11-29-21(15-5-4-14(23)9-16(15)24)19(27)20(28)12-2-1-7-26-10-12/h1-10,20,28H,11H2/t20-/m1/s1. The van der Waals surface area contributed by atoms with Gasteiger partial charge in [0.05, 0.1) is 16.9 Å². The summed E-state index contributed by atoms with van der Waals surface area (Å²) in [6.45, 7) is -0.183. The zero-order chi connectivity index (χ0) is 20.5. The average Bonchev–Trinajstić information content (AvgIpc) is 3.12. The molecule has 1 aliphatic rings. The number of aliphatic hydroxyl groups excluding tert-OH is 1. The van der Waals surface area contributed by atoms with Crippen molar-refractivity contribution in [3.63, 3.8) is 0 Å². The summed E-state index contributed by atoms with van der Waals surface area (Å²) in [4.78, 5) is 5.35. The van der Waals surface area contributed by atoms with Crippen LogP contribution in [-0.4, -0.2) is 16.8 Å². The van der Waals surface area contributed by atoms with Crippen molar-refractivity contribution in [1.82, 2.24) is 4.98 Å². The van der Waals surface area contributed by atoms with Crippen molar-refractivity contribution in [2.75, 3.05) is 11.6 Å². The van der Waals surface area contributed by atoms with Crippen molar-refractivity contribution in [2.24, 2.45) is 0 Å². The van der Waals surface area contributed by atoms with E-state index in [0.29, 0.717) is 11.6 Å². The molecule has 1 aromatic heterocycles. The molecule has 2 aromatic carbocycles. The topological polar surface area (TPSA) is 45.6 Å². The van der Waals surface area contributed by atoms with Gasteiger partial charge in [0.1, 0.15) is 23.6 Å². The van der Waals surface area contributed by atoms with Gasteiger partial charge in [0.15, 0.2) is 12.5 Å². The molecule has 29 heavy (non-hydrogen) atoms. The van der Waals surface area contributed by atoms with E-state index < -0.39 is 23.6 Å². The van der Waals surface area contributed by atoms with Crippen LogP contribution in [-0.2, 0) is 4.74 Å². The molecule has 4 rings (SSSR count). The highest BCUT2D eigenvalue weighted by atomic mass is 35.5. The first kappa shape index (κ1) is 19.3. The minimum absolute atomic E-state index is 0.0202. The smallest absolute Gasteiger partial charge is 0.165 e. The van der Waals surface area contributed by atoms with Crippen molar-refractivity contribution >= 4 is 23.0 Å². The highest BCUT2D eigenvalue weighted by Crippen LogP contribution is 2.41. The first-order valence-corrected chi connectivity index (χ1v) is 8.96. The Kier molecular flexibility index (Phi) is 5.17. The maximum Gasteiger partial charge on any atom is 0.165 e. The zero-order valence-electron chi connectivity index (χ0n) is 14.8. The molecular formula is C21H14ClF3N2O2. The Morgan fingerprint density at radius 3 is 2.59 bits per heavy atom. The number of rotatable bonds is 4. The van der Waals surface area contributed by atoms with Gasteiger partial charge in [-0.2, -0.15) is 0 Å². The molecule has 0 saturated carbocycles. The molecule has 0 fully saturated rings. The van der Waals surface area contributed by atoms with Crippen LogP contribution >= 0.6 is 11.6 Å². The van der Waals surface area contributed by atoms with Crippen LogP contribution in [0.5, 0.6) is 0 Å². The van der Waals surface area contributed by atoms with E-state index in [0.717, 1.165) is 12.1 Å². The molecule has 0 bridgehead atoms. The van der Waals surface area contributed by atoms with E-state index in [1.54, 1.807) is 12.1 Å². The van der Waals surface area contributed by atoms with E-state index in [2.05, 4.69) is 4.98 Å². The summed E-state index contributed by atoms with van der Waals surface area (Å²) in [6, 6.07) is 10.3. The zero-order valence-corrected chi connectivity index (χ0v) is 15.6. The number of anilines is 1. The van der Waals surface area contributed by atoms with E-state index in [9.17, 15) is 18.3 Å². The lowest BCUT2D eigenvalue weighted by Gasteiger charge is -2.24. The summed E-state index contributed by atoms with van der Waals surface area (Å²) in [6.07, 6.45) is 1.67. The second-order valence-corrected chi connectivity index (χ2v) is 6.76. The summed E-state index contributed by atoms with van der Waals surface area (Å²) < 4.78 is 48.0. The van der Waals surface area contributed by atoms with Crippen LogP contribution in [0.25, 0.3) is 5.76 Å². The van der Waals surface area contributed by atoms with Gasteiger partial charge < -0.3 is 14.7 Å². The number of aliphatic hydroxyl groups is 1. The van der Waals surface area contributed by atoms with Crippen molar-refractivity contribution in [1.29, 1.82) is 0 Å². The minimum atomic E-state index is -1.30. The maximum absolute atomic E-state index is 14.6. The molecule has 0 aliphatic carbocycles. The molecule has 0 saturated heterocycles. The van der Waals surface area contributed by atoms with Gasteiger partial charge in [0, 0.05) is 29.0 Å². The van der Waals surface area contributed by atoms with Crippen LogP contribution in [0.1, 0.15) is 17.2 Å². The molecular weight excluding hydrogens is 405 g/mol. The van der Waals surface area contributed by atoms with Crippen molar-refractivity contribution in [2.45, 2.75) is 6.10 Å². The predicted molar refractivity (Wildman–Crippen MR) is 102 cm³/mol. The number of aromatic nitrogens is 1. The van der Waals surface area contributed by atoms with Gasteiger partial charge in [-0.15, -0.1) is 0 Å². The van der Waals surface area contributed by atoms with E-state index in [1.165, 1.54) is 35.5 Å². The molecule has 1 aliphatic heterocycles. The van der Waals surface area contributed by atoms with Crippen LogP contribution in [0.4, 0.5) is 18.9 Å². The third-order valence-electron chi connectivity index (χ3n) is 4.50. The maximum atomic E-state index is 14.6. The second kappa shape index (κ2) is 7.77. The van der Waals surface area contributed by atoms with Crippen LogP contribution < -0.4 is 4.90 Å². The predicted octanol–water partition coefficient (Wildman–Crippen LogP) is 5.05. The van der Waals surface area contributed by atoms with E-state index in [1.807, 2.05) is 0 Å². The van der Waals surface area contributed by atoms with Gasteiger partial charge in [-0.05, 0) is 36.4 Å². The second-order valence-electron chi connectivity index (χ2n) is 6.32. The Hall–Kier alpha value is -3.03. The number of hydrogen-bond donors (Lipinski definition) is 1. The molecule has 0 spiro atoms. The Morgan fingerprint density at radius 2 is 1.90 bits per heavy atom. The number of nitrogens with zero attached hydrogens (tertiary/aromatic N) is 2. The SMILES string of the molecule is O[C@@H](C1=C(c2ccc(F)cc2F)OCN1c1ccc(Cl)cc1F)c1cccnc1. The number of pyridine rings is 1. The van der Waals surface area contributed by atoms with Gasteiger partial charge in [-0.25, -0.2) is 13.2 Å². The summed E-state index contributed by atoms with van der Waals surface area (Å²) in [5.74, 6) is -2.28. The molecule has 148 valence electrons. The van der Waals surface area contributed by atoms with Gasteiger partial charge in [0.2, 0.25) is 0 Å². The largest absolute Gasteiger partial charge is 0.470 e. The fourth-order valence-electron chi connectivity index (χ4n) is 3.15. The lowest BCUT2D eigenvalue weighted by atomic mass is 10.0. The highest BCUT2D eigenvalue weighted by molar-refractivity contribution is 6.30. The molecule has 4 nitrogen and oxygen atoms in total. The quantitative estimate of drug-likeness (QED) is 0.644. The molecule has 0 radical (unpaired) electrons. The van der Waals surface area contributed by atoms with E-state index >= 15 is 0 Å². The summed E-state index contributed by atoms with van der Waals surface area (Å²) in [5, 5.41) is 11.2. The monoisotopic (exact) mass is 418 g/mol. The Morgan fingerprint density at radius 1 is 1.07 bits per heavy atom. The van der Waals surface area contributed by atoms with E-state index in [-0.39, 0.29) is 34.5 Å². The van der Waals surface area contributed by atoms with Crippen molar-refractivity contribution in [3.05, 3.63) is 100 Å². The molecule has 0 amide bonds. The molecule has 3 aromatic rings. The van der Waals surface area contributed by atoms with Crippen molar-refractivity contribution < 1.29 is 23.0 Å². The number of hydrogen-bond acceptors (Lipinski definition) is 4. The Labute approximate surface area is 169 Å². The number of ether oxygens (including phenoxy) is 1. The molecule has 0 unspecified atom stereocenters. The molecule has 8 heteroatoms. The first-order chi connectivity index (χ1) is 14.0. The molecule has 1 N–H and O–H groups in total. The molecule has 1 atom stereocenters. The first-order valence-electron chi connectivity index (χ1n) is 8.58. The normalized spacial score (nSPS) is 14.9. The highest BCUT2D eigenvalue weighted by Gasteiger charge is 2.34. The lowest BCUT2D eigenvalue weighted by molar-refractivity contribution is 0.213. The summed E-state index contributed by atoms with van der Waals surface area (Å²) in [7, 11) is 0. The van der Waals surface area contributed by atoms with Crippen LogP contribution in [0.3, 0.4) is 0 Å². The summed E-state index contributed by atoms with van der Waals surface area (Å²) >= 11 is 5.83. The summed E-state index contributed by atoms with van der Waals surface area (Å²) in [5.41, 5.74) is 0.531. The minimum Gasteiger partial charge on any atom is -0.470 e. The number of benzene rings is 2. The average molecular weight is 419 g/mol. The fourth-order valence-corrected chi connectivity index (χ4v) is 3.31. The van der Waals surface area contributed by atoms with Gasteiger partial charge in [-0.1, -0.05) is 17.7 Å². The van der Waals surface area contributed by atoms with E-state index in [4.69, 9.17) is 16.3 Å². The van der Waals surface area contributed by atoms with Crippen molar-refractivity contribution in [3.8, 4) is 0 Å². The van der Waals surface area contributed by atoms with Gasteiger partial charge >= 0.3 is 0 Å². The third kappa shape index (κ3) is 3.66. The number of halogens is 4. The third-order valence-corrected chi connectivity index (χ3v) is 4.73. The molecule has 2 heterocycles. The van der Waals surface area contributed by atoms with Crippen LogP contribution in [0.15, 0.2) is 66.6 Å². The lowest BCUT2D eigenvalue weighted by Crippen LogP contribution is -2.24. The fraction of sp³-hybridized carbons (Fsp3) is 0.0952. The van der Waals surface area contributed by atoms with Gasteiger partial charge in [-0.3, -0.25) is 4.98 Å².